The summed E-state index contributed by atoms with van der Waals surface area (Å²) in [7, 11) is 0. The Balaban J connectivity index is 2.21. The number of nitrogens with two attached hydrogens (primary N) is 2. The van der Waals surface area contributed by atoms with Crippen molar-refractivity contribution in [3.05, 3.63) is 64.7 Å². The lowest BCUT2D eigenvalue weighted by Gasteiger charge is -2.19. The van der Waals surface area contributed by atoms with Gasteiger partial charge < -0.3 is 26.3 Å². The van der Waals surface area contributed by atoms with E-state index in [1.54, 1.807) is 31.2 Å². The van der Waals surface area contributed by atoms with Crippen LogP contribution in [-0.4, -0.2) is 30.9 Å². The van der Waals surface area contributed by atoms with Crippen LogP contribution < -0.4 is 21.5 Å². The minimum Gasteiger partial charge on any atom is -0.481 e. The van der Waals surface area contributed by atoms with Crippen molar-refractivity contribution in [2.75, 3.05) is 13.2 Å². The van der Waals surface area contributed by atoms with E-state index in [2.05, 4.69) is 5.32 Å². The van der Waals surface area contributed by atoms with Crippen molar-refractivity contribution >= 4 is 17.6 Å². The molecule has 10 heteroatoms. The molecular formula is C20H22F2N4O4. The minimum atomic E-state index is -1.58. The minimum absolute atomic E-state index is 0.0106. The fraction of sp³-hybridized carbons (Fsp3) is 0.250. The molecule has 0 aliphatic rings. The first-order chi connectivity index (χ1) is 14.2. The normalized spacial score (nSPS) is 11.6. The summed E-state index contributed by atoms with van der Waals surface area (Å²) in [5, 5.41) is 9.93. The van der Waals surface area contributed by atoms with Gasteiger partial charge in [0.05, 0.1) is 5.56 Å². The van der Waals surface area contributed by atoms with E-state index in [4.69, 9.17) is 26.4 Å². The Kier molecular flexibility index (Phi) is 7.82. The highest BCUT2D eigenvalue weighted by molar-refractivity contribution is 5.94. The van der Waals surface area contributed by atoms with Crippen molar-refractivity contribution in [3.63, 3.8) is 0 Å². The van der Waals surface area contributed by atoms with E-state index >= 15 is 0 Å². The molecule has 0 bridgehead atoms. The summed E-state index contributed by atoms with van der Waals surface area (Å²) in [4.78, 5) is 23.5. The molecule has 8 nitrogen and oxygen atoms in total. The molecular weight excluding hydrogens is 398 g/mol. The van der Waals surface area contributed by atoms with Gasteiger partial charge in [-0.1, -0.05) is 24.3 Å². The second-order valence-electron chi connectivity index (χ2n) is 6.19. The van der Waals surface area contributed by atoms with Crippen LogP contribution in [0.15, 0.2) is 36.4 Å². The van der Waals surface area contributed by atoms with Crippen molar-refractivity contribution in [1.82, 2.24) is 5.32 Å². The van der Waals surface area contributed by atoms with Gasteiger partial charge in [0.25, 0.3) is 11.8 Å². The molecule has 0 saturated carbocycles. The molecule has 0 heterocycles. The van der Waals surface area contributed by atoms with E-state index in [1.165, 1.54) is 0 Å². The number of hydrogen-bond donors (Lipinski definition) is 4. The summed E-state index contributed by atoms with van der Waals surface area (Å²) in [6.45, 7) is 1.03. The molecule has 0 aliphatic carbocycles. The molecule has 1 atom stereocenters. The molecule has 2 aromatic carbocycles. The van der Waals surface area contributed by atoms with Crippen LogP contribution in [0.25, 0.3) is 0 Å². The molecule has 0 unspecified atom stereocenters. The molecule has 30 heavy (non-hydrogen) atoms. The van der Waals surface area contributed by atoms with Crippen molar-refractivity contribution in [1.29, 1.82) is 5.41 Å². The fourth-order valence-electron chi connectivity index (χ4n) is 2.59. The highest BCUT2D eigenvalue weighted by Gasteiger charge is 2.29. The standard InChI is InChI=1S/C20H22F2N4O4/c1-2-29-18(16-13(21)7-8-14(17(16)22)30-10-15(23)27)20(28)26-9-11-3-5-12(6-4-11)19(24)25/h3-8,18H,2,9-10H2,1H3,(H2,23,27)(H3,24,25)(H,26,28)/t18-/m0/s1. The van der Waals surface area contributed by atoms with Crippen LogP contribution in [0.5, 0.6) is 5.75 Å². The maximum absolute atomic E-state index is 14.8. The summed E-state index contributed by atoms with van der Waals surface area (Å²) < 4.78 is 39.4. The second-order valence-corrected chi connectivity index (χ2v) is 6.19. The van der Waals surface area contributed by atoms with Gasteiger partial charge in [0.2, 0.25) is 0 Å². The van der Waals surface area contributed by atoms with E-state index in [9.17, 15) is 18.4 Å². The summed E-state index contributed by atoms with van der Waals surface area (Å²) in [6, 6.07) is 8.45. The molecule has 0 radical (unpaired) electrons. The van der Waals surface area contributed by atoms with Crippen LogP contribution in [-0.2, 0) is 20.9 Å². The van der Waals surface area contributed by atoms with Gasteiger partial charge in [-0.25, -0.2) is 8.78 Å². The Labute approximate surface area is 171 Å². The zero-order valence-electron chi connectivity index (χ0n) is 16.2. The number of halogens is 2. The maximum atomic E-state index is 14.8. The van der Waals surface area contributed by atoms with Gasteiger partial charge in [-0.2, -0.15) is 0 Å². The fourth-order valence-corrected chi connectivity index (χ4v) is 2.59. The first-order valence-electron chi connectivity index (χ1n) is 8.96. The number of carbonyl (C=O) groups excluding carboxylic acids is 2. The molecule has 0 saturated heterocycles. The van der Waals surface area contributed by atoms with E-state index in [-0.39, 0.29) is 19.0 Å². The molecule has 160 valence electrons. The number of carbonyl (C=O) groups is 2. The molecule has 0 fully saturated rings. The number of primary amides is 1. The topological polar surface area (TPSA) is 141 Å². The first-order valence-corrected chi connectivity index (χ1v) is 8.96. The van der Waals surface area contributed by atoms with Gasteiger partial charge in [-0.3, -0.25) is 15.0 Å². The SMILES string of the molecule is CCO[C@H](C(=O)NCc1ccc(C(=N)N)cc1)c1c(F)ccc(OCC(N)=O)c1F. The number of hydrogen-bond acceptors (Lipinski definition) is 5. The lowest BCUT2D eigenvalue weighted by atomic mass is 10.1. The zero-order chi connectivity index (χ0) is 22.3. The third kappa shape index (κ3) is 5.74. The Morgan fingerprint density at radius 2 is 1.80 bits per heavy atom. The highest BCUT2D eigenvalue weighted by Crippen LogP contribution is 2.30. The number of amides is 2. The number of amidine groups is 1. The van der Waals surface area contributed by atoms with E-state index in [1.807, 2.05) is 0 Å². The lowest BCUT2D eigenvalue weighted by Crippen LogP contribution is -2.32. The van der Waals surface area contributed by atoms with Gasteiger partial charge in [-0.05, 0) is 24.6 Å². The molecule has 0 aromatic heterocycles. The van der Waals surface area contributed by atoms with E-state index < -0.39 is 47.5 Å². The van der Waals surface area contributed by atoms with Gasteiger partial charge in [-0.15, -0.1) is 0 Å². The van der Waals surface area contributed by atoms with Crippen molar-refractivity contribution in [3.8, 4) is 5.75 Å². The van der Waals surface area contributed by atoms with E-state index in [0.717, 1.165) is 12.1 Å². The van der Waals surface area contributed by atoms with Gasteiger partial charge in [0.1, 0.15) is 11.7 Å². The third-order valence-corrected chi connectivity index (χ3v) is 4.03. The monoisotopic (exact) mass is 420 g/mol. The Morgan fingerprint density at radius 3 is 2.37 bits per heavy atom. The van der Waals surface area contributed by atoms with Crippen LogP contribution >= 0.6 is 0 Å². The lowest BCUT2D eigenvalue weighted by molar-refractivity contribution is -0.133. The Hall–Kier alpha value is -3.53. The van der Waals surface area contributed by atoms with E-state index in [0.29, 0.717) is 11.1 Å². The summed E-state index contributed by atoms with van der Waals surface area (Å²) in [6.07, 6.45) is -1.58. The summed E-state index contributed by atoms with van der Waals surface area (Å²) in [5.74, 6) is -4.28. The highest BCUT2D eigenvalue weighted by atomic mass is 19.1. The molecule has 2 aromatic rings. The average Bonchev–Trinajstić information content (AvgIpc) is 2.71. The average molecular weight is 420 g/mol. The van der Waals surface area contributed by atoms with Crippen LogP contribution in [0.4, 0.5) is 8.78 Å². The van der Waals surface area contributed by atoms with Gasteiger partial charge in [0, 0.05) is 18.7 Å². The van der Waals surface area contributed by atoms with Crippen molar-refractivity contribution < 1.29 is 27.8 Å². The summed E-state index contributed by atoms with van der Waals surface area (Å²) >= 11 is 0. The number of benzene rings is 2. The van der Waals surface area contributed by atoms with Gasteiger partial charge >= 0.3 is 0 Å². The van der Waals surface area contributed by atoms with Gasteiger partial charge in [0.15, 0.2) is 24.3 Å². The summed E-state index contributed by atoms with van der Waals surface area (Å²) in [5.41, 5.74) is 10.9. The number of ether oxygens (including phenoxy) is 2. The Morgan fingerprint density at radius 1 is 1.13 bits per heavy atom. The first kappa shape index (κ1) is 22.8. The third-order valence-electron chi connectivity index (χ3n) is 4.03. The van der Waals surface area contributed by atoms with Crippen molar-refractivity contribution in [2.45, 2.75) is 19.6 Å². The van der Waals surface area contributed by atoms with Crippen LogP contribution in [0.3, 0.4) is 0 Å². The molecule has 6 N–H and O–H groups in total. The quantitative estimate of drug-likeness (QED) is 0.341. The van der Waals surface area contributed by atoms with Crippen LogP contribution in [0.1, 0.15) is 29.7 Å². The second kappa shape index (κ2) is 10.3. The van der Waals surface area contributed by atoms with Crippen LogP contribution in [0.2, 0.25) is 0 Å². The predicted octanol–water partition coefficient (Wildman–Crippen LogP) is 1.51. The zero-order valence-corrected chi connectivity index (χ0v) is 16.2. The number of rotatable bonds is 10. The van der Waals surface area contributed by atoms with Crippen LogP contribution in [0, 0.1) is 17.0 Å². The predicted molar refractivity (Wildman–Crippen MR) is 105 cm³/mol. The molecule has 0 spiro atoms. The van der Waals surface area contributed by atoms with Crippen molar-refractivity contribution in [2.24, 2.45) is 11.5 Å². The number of nitrogens with one attached hydrogen (secondary N) is 2. The molecule has 0 aliphatic heterocycles. The molecule has 2 amide bonds. The maximum Gasteiger partial charge on any atom is 0.255 e. The number of nitrogen functional groups attached to an aromatic ring is 1. The Bertz CT molecular complexity index is 935. The smallest absolute Gasteiger partial charge is 0.255 e. The molecule has 2 rings (SSSR count). The largest absolute Gasteiger partial charge is 0.481 e.